The first-order chi connectivity index (χ1) is 12.8. The third kappa shape index (κ3) is 4.30. The van der Waals surface area contributed by atoms with Crippen molar-refractivity contribution in [1.82, 2.24) is 9.78 Å². The number of carbonyl (C=O) groups is 2. The van der Waals surface area contributed by atoms with Gasteiger partial charge in [-0.2, -0.15) is 18.3 Å². The summed E-state index contributed by atoms with van der Waals surface area (Å²) in [6.45, 7) is 0. The molecule has 1 heterocycles. The van der Waals surface area contributed by atoms with Crippen molar-refractivity contribution in [2.45, 2.75) is 38.3 Å². The van der Waals surface area contributed by atoms with E-state index in [0.29, 0.717) is 22.5 Å². The summed E-state index contributed by atoms with van der Waals surface area (Å²) in [7, 11) is 0. The number of aromatic nitrogens is 2. The molecule has 0 saturated carbocycles. The second kappa shape index (κ2) is 7.68. The zero-order chi connectivity index (χ0) is 19.6. The highest BCUT2D eigenvalue weighted by atomic mass is 35.5. The van der Waals surface area contributed by atoms with E-state index in [2.05, 4.69) is 5.10 Å². The van der Waals surface area contributed by atoms with E-state index in [-0.39, 0.29) is 23.5 Å². The smallest absolute Gasteiger partial charge is 0.295 e. The summed E-state index contributed by atoms with van der Waals surface area (Å²) < 4.78 is 41.7. The number of hydrogen-bond donors (Lipinski definition) is 0. The van der Waals surface area contributed by atoms with Crippen LogP contribution in [0.1, 0.15) is 48.2 Å². The predicted molar refractivity (Wildman–Crippen MR) is 94.1 cm³/mol. The van der Waals surface area contributed by atoms with Gasteiger partial charge in [-0.1, -0.05) is 17.7 Å². The Morgan fingerprint density at radius 3 is 2.56 bits per heavy atom. The molecule has 142 valence electrons. The fourth-order valence-electron chi connectivity index (χ4n) is 3.02. The highest BCUT2D eigenvalue weighted by Gasteiger charge is 2.40. The van der Waals surface area contributed by atoms with Crippen LogP contribution in [0.2, 0.25) is 5.02 Å². The van der Waals surface area contributed by atoms with E-state index in [1.165, 1.54) is 24.3 Å². The van der Waals surface area contributed by atoms with Crippen LogP contribution in [0, 0.1) is 0 Å². The molecule has 1 aromatic carbocycles. The zero-order valence-corrected chi connectivity index (χ0v) is 15.0. The van der Waals surface area contributed by atoms with Crippen LogP contribution in [0.3, 0.4) is 0 Å². The lowest BCUT2D eigenvalue weighted by atomic mass is 9.99. The number of hydrogen-bond acceptors (Lipinski definition) is 3. The molecule has 4 nitrogen and oxygen atoms in total. The van der Waals surface area contributed by atoms with Crippen molar-refractivity contribution in [3.8, 4) is 5.69 Å². The monoisotopic (exact) mass is 396 g/mol. The van der Waals surface area contributed by atoms with Gasteiger partial charge in [-0.25, -0.2) is 4.68 Å². The maximum atomic E-state index is 13.7. The normalized spacial score (nSPS) is 15.4. The lowest BCUT2D eigenvalue weighted by Crippen LogP contribution is -2.18. The Hall–Kier alpha value is -2.41. The molecule has 0 bridgehead atoms. The number of carbonyl (C=O) groups excluding carboxylic acids is 2. The van der Waals surface area contributed by atoms with Crippen molar-refractivity contribution in [1.29, 1.82) is 0 Å². The van der Waals surface area contributed by atoms with Crippen molar-refractivity contribution < 1.29 is 22.8 Å². The number of allylic oxidation sites excluding steroid dienone is 2. The van der Waals surface area contributed by atoms with Crippen LogP contribution in [-0.2, 0) is 11.0 Å². The van der Waals surface area contributed by atoms with Crippen LogP contribution in [0.4, 0.5) is 13.2 Å². The van der Waals surface area contributed by atoms with Crippen molar-refractivity contribution in [3.05, 3.63) is 58.4 Å². The molecule has 0 fully saturated rings. The van der Waals surface area contributed by atoms with Crippen LogP contribution >= 0.6 is 11.6 Å². The Labute approximate surface area is 158 Å². The Bertz CT molecular complexity index is 899. The van der Waals surface area contributed by atoms with Gasteiger partial charge < -0.3 is 0 Å². The molecule has 1 aromatic heterocycles. The first-order valence-corrected chi connectivity index (χ1v) is 8.82. The van der Waals surface area contributed by atoms with Crippen LogP contribution < -0.4 is 0 Å². The van der Waals surface area contributed by atoms with Gasteiger partial charge in [0.2, 0.25) is 0 Å². The minimum absolute atomic E-state index is 0.135. The molecule has 1 aliphatic carbocycles. The molecule has 2 aromatic rings. The Morgan fingerprint density at radius 2 is 1.89 bits per heavy atom. The molecule has 0 amide bonds. The Kier molecular flexibility index (Phi) is 5.51. The molecule has 0 atom stereocenters. The lowest BCUT2D eigenvalue weighted by molar-refractivity contribution is -0.143. The summed E-state index contributed by atoms with van der Waals surface area (Å²) >= 11 is 5.78. The number of rotatable bonds is 4. The van der Waals surface area contributed by atoms with Crippen LogP contribution in [0.25, 0.3) is 5.69 Å². The quantitative estimate of drug-likeness (QED) is 0.668. The number of benzene rings is 1. The Morgan fingerprint density at radius 1 is 1.19 bits per heavy atom. The van der Waals surface area contributed by atoms with E-state index in [9.17, 15) is 22.8 Å². The molecule has 0 N–H and O–H groups in total. The molecule has 3 rings (SSSR count). The minimum atomic E-state index is -4.79. The SMILES string of the molecule is O=C1CCCCC=C1CC(=O)c1cnn(-c2ccc(Cl)cc2)c1C(F)(F)F. The second-order valence-electron chi connectivity index (χ2n) is 6.29. The summed E-state index contributed by atoms with van der Waals surface area (Å²) in [5.41, 5.74) is -1.28. The average molecular weight is 397 g/mol. The van der Waals surface area contributed by atoms with Gasteiger partial charge in [-0.05, 0) is 49.1 Å². The van der Waals surface area contributed by atoms with Crippen molar-refractivity contribution in [3.63, 3.8) is 0 Å². The van der Waals surface area contributed by atoms with E-state index in [0.717, 1.165) is 19.0 Å². The number of Topliss-reactive ketones (excluding diaryl/α,β-unsaturated/α-hetero) is 2. The van der Waals surface area contributed by atoms with Gasteiger partial charge in [0.05, 0.1) is 17.4 Å². The highest BCUT2D eigenvalue weighted by molar-refractivity contribution is 6.30. The van der Waals surface area contributed by atoms with E-state index in [4.69, 9.17) is 11.6 Å². The fraction of sp³-hybridized carbons (Fsp3) is 0.316. The van der Waals surface area contributed by atoms with E-state index in [1.54, 1.807) is 6.08 Å². The predicted octanol–water partition coefficient (Wildman–Crippen LogP) is 5.19. The molecule has 27 heavy (non-hydrogen) atoms. The third-order valence-electron chi connectivity index (χ3n) is 4.37. The number of nitrogens with zero attached hydrogens (tertiary/aromatic N) is 2. The largest absolute Gasteiger partial charge is 0.434 e. The summed E-state index contributed by atoms with van der Waals surface area (Å²) in [5.74, 6) is -0.955. The molecule has 1 aliphatic rings. The molecule has 0 aliphatic heterocycles. The molecular weight excluding hydrogens is 381 g/mol. The molecule has 0 spiro atoms. The topological polar surface area (TPSA) is 52.0 Å². The fourth-order valence-corrected chi connectivity index (χ4v) is 3.15. The van der Waals surface area contributed by atoms with Crippen LogP contribution in [0.15, 0.2) is 42.1 Å². The summed E-state index contributed by atoms with van der Waals surface area (Å²) in [6, 6.07) is 5.65. The molecule has 8 heteroatoms. The average Bonchev–Trinajstić information content (AvgIpc) is 2.97. The van der Waals surface area contributed by atoms with Gasteiger partial charge in [0.15, 0.2) is 17.3 Å². The Balaban J connectivity index is 1.98. The first kappa shape index (κ1) is 19.4. The second-order valence-corrected chi connectivity index (χ2v) is 6.73. The van der Waals surface area contributed by atoms with Gasteiger partial charge in [-0.3, -0.25) is 9.59 Å². The maximum absolute atomic E-state index is 13.7. The molecule has 0 unspecified atom stereocenters. The third-order valence-corrected chi connectivity index (χ3v) is 4.62. The standard InChI is InChI=1S/C19H16ClF3N2O2/c20-13-6-8-14(9-7-13)25-18(19(21,22)23)15(11-24-25)17(27)10-12-4-2-1-3-5-16(12)26/h4,6-9,11H,1-3,5,10H2. The summed E-state index contributed by atoms with van der Waals surface area (Å²) in [5, 5.41) is 4.13. The van der Waals surface area contributed by atoms with Crippen molar-refractivity contribution >= 4 is 23.2 Å². The first-order valence-electron chi connectivity index (χ1n) is 8.44. The van der Waals surface area contributed by atoms with Crippen molar-refractivity contribution in [2.24, 2.45) is 0 Å². The van der Waals surface area contributed by atoms with Gasteiger partial charge in [-0.15, -0.1) is 0 Å². The van der Waals surface area contributed by atoms with Crippen molar-refractivity contribution in [2.75, 3.05) is 0 Å². The summed E-state index contributed by atoms with van der Waals surface area (Å²) in [6.07, 6.45) is -0.0797. The van der Waals surface area contributed by atoms with E-state index in [1.807, 2.05) is 0 Å². The van der Waals surface area contributed by atoms with E-state index < -0.39 is 23.2 Å². The number of ketones is 2. The van der Waals surface area contributed by atoms with Crippen LogP contribution in [-0.4, -0.2) is 21.3 Å². The van der Waals surface area contributed by atoms with E-state index >= 15 is 0 Å². The highest BCUT2D eigenvalue weighted by Crippen LogP contribution is 2.35. The van der Waals surface area contributed by atoms with Gasteiger partial charge in [0, 0.05) is 17.9 Å². The number of halogens is 4. The maximum Gasteiger partial charge on any atom is 0.434 e. The van der Waals surface area contributed by atoms with Gasteiger partial charge >= 0.3 is 6.18 Å². The minimum Gasteiger partial charge on any atom is -0.295 e. The summed E-state index contributed by atoms with van der Waals surface area (Å²) in [4.78, 5) is 24.6. The zero-order valence-electron chi connectivity index (χ0n) is 14.2. The van der Waals surface area contributed by atoms with Crippen LogP contribution in [0.5, 0.6) is 0 Å². The molecule has 0 saturated heterocycles. The molecular formula is C19H16ClF3N2O2. The number of alkyl halides is 3. The lowest BCUT2D eigenvalue weighted by Gasteiger charge is -2.13. The van der Waals surface area contributed by atoms with Gasteiger partial charge in [0.1, 0.15) is 0 Å². The van der Waals surface area contributed by atoms with Gasteiger partial charge in [0.25, 0.3) is 0 Å². The molecule has 0 radical (unpaired) electrons.